The number of amides is 3. The van der Waals surface area contributed by atoms with E-state index in [1.807, 2.05) is 60.9 Å². The molecule has 0 bridgehead atoms. The summed E-state index contributed by atoms with van der Waals surface area (Å²) in [6.07, 6.45) is 4.18. The van der Waals surface area contributed by atoms with Gasteiger partial charge < -0.3 is 36.9 Å². The average Bonchev–Trinajstić information content (AvgIpc) is 3.46. The zero-order chi connectivity index (χ0) is 33.1. The molecule has 1 aromatic heterocycles. The zero-order valence-corrected chi connectivity index (χ0v) is 26.3. The van der Waals surface area contributed by atoms with E-state index in [0.29, 0.717) is 5.75 Å². The molecule has 0 aliphatic carbocycles. The van der Waals surface area contributed by atoms with E-state index in [-0.39, 0.29) is 31.4 Å². The number of carbonyl (C=O) groups excluding carboxylic acids is 3. The molecule has 4 aromatic rings. The Morgan fingerprint density at radius 2 is 1.35 bits per heavy atom. The summed E-state index contributed by atoms with van der Waals surface area (Å²) in [6.45, 7) is 0. The lowest BCUT2D eigenvalue weighted by Crippen LogP contribution is -2.58. The molecule has 242 valence electrons. The number of aromatic amines is 1. The Kier molecular flexibility index (Phi) is 12.2. The van der Waals surface area contributed by atoms with E-state index in [2.05, 4.69) is 20.9 Å². The number of carboxylic acids is 1. The number of aromatic hydroxyl groups is 1. The lowest BCUT2D eigenvalue weighted by Gasteiger charge is -2.25. The van der Waals surface area contributed by atoms with Crippen LogP contribution in [0.15, 0.2) is 85.1 Å². The van der Waals surface area contributed by atoms with Crippen molar-refractivity contribution in [3.05, 3.63) is 102 Å². The number of nitrogens with two attached hydrogens (primary N) is 1. The normalized spacial score (nSPS) is 13.7. The van der Waals surface area contributed by atoms with E-state index in [9.17, 15) is 29.4 Å². The third-order valence-corrected chi connectivity index (χ3v) is 8.25. The number of hydrogen-bond donors (Lipinski definition) is 7. The quantitative estimate of drug-likeness (QED) is 0.0969. The van der Waals surface area contributed by atoms with Gasteiger partial charge in [0.15, 0.2) is 0 Å². The molecule has 3 aromatic carbocycles. The third kappa shape index (κ3) is 9.59. The Morgan fingerprint density at radius 1 is 0.761 bits per heavy atom. The van der Waals surface area contributed by atoms with Crippen LogP contribution in [0.5, 0.6) is 5.75 Å². The van der Waals surface area contributed by atoms with Crippen LogP contribution in [-0.4, -0.2) is 75.1 Å². The number of rotatable bonds is 16. The van der Waals surface area contributed by atoms with Crippen LogP contribution >= 0.6 is 11.8 Å². The lowest BCUT2D eigenvalue weighted by atomic mass is 10.0. The van der Waals surface area contributed by atoms with E-state index in [4.69, 9.17) is 5.73 Å². The van der Waals surface area contributed by atoms with Crippen molar-refractivity contribution in [2.24, 2.45) is 5.73 Å². The number of fused-ring (bicyclic) bond motifs is 1. The Hall–Kier alpha value is -4.81. The van der Waals surface area contributed by atoms with E-state index >= 15 is 0 Å². The standard InChI is InChI=1S/C34H39N5O6S/c1-46-16-15-28(34(44)45)37-33(43)30(19-23-20-36-27-10-6-5-9-25(23)27)39-32(42)29(18-21-7-3-2-4-8-21)38-31(41)26(35)17-22-11-13-24(40)14-12-22/h2-14,20,26,28-30,36,40H,15-19,35H2,1H3,(H,37,43)(H,38,41)(H,39,42)(H,44,45). The molecule has 3 amide bonds. The summed E-state index contributed by atoms with van der Waals surface area (Å²) in [4.78, 5) is 55.9. The number of phenols is 1. The van der Waals surface area contributed by atoms with Gasteiger partial charge in [-0.15, -0.1) is 0 Å². The van der Waals surface area contributed by atoms with E-state index in [1.54, 1.807) is 18.3 Å². The first kappa shape index (κ1) is 34.1. The number of carbonyl (C=O) groups is 4. The second-order valence-corrected chi connectivity index (χ2v) is 12.0. The summed E-state index contributed by atoms with van der Waals surface area (Å²) in [6, 6.07) is 18.6. The molecule has 4 unspecified atom stereocenters. The largest absolute Gasteiger partial charge is 0.508 e. The molecule has 0 aliphatic rings. The van der Waals surface area contributed by atoms with Crippen molar-refractivity contribution in [1.82, 2.24) is 20.9 Å². The van der Waals surface area contributed by atoms with Gasteiger partial charge in [0.1, 0.15) is 23.9 Å². The van der Waals surface area contributed by atoms with Gasteiger partial charge in [0.2, 0.25) is 17.7 Å². The SMILES string of the molecule is CSCCC(NC(=O)C(Cc1c[nH]c2ccccc12)NC(=O)C(Cc1ccccc1)NC(=O)C(N)Cc1ccc(O)cc1)C(=O)O. The van der Waals surface area contributed by atoms with Crippen molar-refractivity contribution in [2.75, 3.05) is 12.0 Å². The van der Waals surface area contributed by atoms with Crippen LogP contribution in [0.3, 0.4) is 0 Å². The second-order valence-electron chi connectivity index (χ2n) is 11.0. The van der Waals surface area contributed by atoms with Crippen LogP contribution in [0, 0.1) is 0 Å². The molecule has 0 saturated carbocycles. The number of thioether (sulfide) groups is 1. The van der Waals surface area contributed by atoms with Gasteiger partial charge >= 0.3 is 5.97 Å². The molecule has 12 heteroatoms. The van der Waals surface area contributed by atoms with Crippen LogP contribution in [-0.2, 0) is 38.4 Å². The molecule has 0 radical (unpaired) electrons. The highest BCUT2D eigenvalue weighted by Gasteiger charge is 2.31. The Morgan fingerprint density at radius 3 is 2.02 bits per heavy atom. The maximum Gasteiger partial charge on any atom is 0.326 e. The fourth-order valence-electron chi connectivity index (χ4n) is 5.08. The van der Waals surface area contributed by atoms with Crippen molar-refractivity contribution in [2.45, 2.75) is 49.9 Å². The van der Waals surface area contributed by atoms with Crippen LogP contribution in [0.25, 0.3) is 10.9 Å². The highest BCUT2D eigenvalue weighted by Crippen LogP contribution is 2.20. The van der Waals surface area contributed by atoms with Crippen molar-refractivity contribution in [3.8, 4) is 5.75 Å². The highest BCUT2D eigenvalue weighted by atomic mass is 32.2. The van der Waals surface area contributed by atoms with Crippen molar-refractivity contribution >= 4 is 46.4 Å². The molecular weight excluding hydrogens is 606 g/mol. The number of H-pyrrole nitrogens is 1. The fourth-order valence-corrected chi connectivity index (χ4v) is 5.56. The van der Waals surface area contributed by atoms with Gasteiger partial charge in [-0.05, 0) is 59.7 Å². The first-order valence-corrected chi connectivity index (χ1v) is 16.3. The molecule has 11 nitrogen and oxygen atoms in total. The number of aliphatic carboxylic acids is 1. The van der Waals surface area contributed by atoms with Crippen molar-refractivity contribution in [3.63, 3.8) is 0 Å². The topological polar surface area (TPSA) is 187 Å². The minimum absolute atomic E-state index is 0.0722. The highest BCUT2D eigenvalue weighted by molar-refractivity contribution is 7.98. The molecule has 0 fully saturated rings. The number of aromatic nitrogens is 1. The van der Waals surface area contributed by atoms with Crippen LogP contribution in [0.2, 0.25) is 0 Å². The average molecular weight is 646 g/mol. The summed E-state index contributed by atoms with van der Waals surface area (Å²) in [5, 5.41) is 28.3. The monoisotopic (exact) mass is 645 g/mol. The van der Waals surface area contributed by atoms with Gasteiger partial charge in [0.25, 0.3) is 0 Å². The van der Waals surface area contributed by atoms with Gasteiger partial charge in [-0.25, -0.2) is 4.79 Å². The minimum Gasteiger partial charge on any atom is -0.508 e. The van der Waals surface area contributed by atoms with Crippen LogP contribution in [0.4, 0.5) is 0 Å². The number of phenolic OH excluding ortho intramolecular Hbond substituents is 1. The van der Waals surface area contributed by atoms with E-state index < -0.39 is 47.9 Å². The summed E-state index contributed by atoms with van der Waals surface area (Å²) in [5.41, 5.74) is 9.32. The van der Waals surface area contributed by atoms with Crippen LogP contribution in [0.1, 0.15) is 23.1 Å². The van der Waals surface area contributed by atoms with Gasteiger partial charge in [-0.2, -0.15) is 11.8 Å². The molecule has 4 rings (SSSR count). The fraction of sp³-hybridized carbons (Fsp3) is 0.294. The molecule has 0 spiro atoms. The summed E-state index contributed by atoms with van der Waals surface area (Å²) in [7, 11) is 0. The molecule has 46 heavy (non-hydrogen) atoms. The number of nitrogens with one attached hydrogen (secondary N) is 4. The molecule has 1 heterocycles. The predicted molar refractivity (Wildman–Crippen MR) is 178 cm³/mol. The van der Waals surface area contributed by atoms with Crippen LogP contribution < -0.4 is 21.7 Å². The smallest absolute Gasteiger partial charge is 0.326 e. The zero-order valence-electron chi connectivity index (χ0n) is 25.4. The number of para-hydroxylation sites is 1. The molecule has 0 aliphatic heterocycles. The molecule has 8 N–H and O–H groups in total. The lowest BCUT2D eigenvalue weighted by molar-refractivity contribution is -0.142. The number of carboxylic acid groups (broad SMARTS) is 1. The first-order chi connectivity index (χ1) is 22.1. The predicted octanol–water partition coefficient (Wildman–Crippen LogP) is 2.52. The summed E-state index contributed by atoms with van der Waals surface area (Å²) in [5.74, 6) is -2.40. The summed E-state index contributed by atoms with van der Waals surface area (Å²) < 4.78 is 0. The van der Waals surface area contributed by atoms with E-state index in [0.717, 1.165) is 27.6 Å². The minimum atomic E-state index is -1.17. The van der Waals surface area contributed by atoms with Crippen molar-refractivity contribution < 1.29 is 29.4 Å². The second kappa shape index (κ2) is 16.5. The molecule has 0 saturated heterocycles. The Balaban J connectivity index is 1.57. The van der Waals surface area contributed by atoms with Gasteiger partial charge in [0.05, 0.1) is 6.04 Å². The van der Waals surface area contributed by atoms with E-state index in [1.165, 1.54) is 23.9 Å². The van der Waals surface area contributed by atoms with Gasteiger partial charge in [-0.3, -0.25) is 14.4 Å². The maximum absolute atomic E-state index is 13.9. The third-order valence-electron chi connectivity index (χ3n) is 7.60. The Labute approximate surface area is 271 Å². The van der Waals surface area contributed by atoms with Gasteiger partial charge in [-0.1, -0.05) is 60.7 Å². The maximum atomic E-state index is 13.9. The van der Waals surface area contributed by atoms with Gasteiger partial charge in [0, 0.05) is 29.9 Å². The first-order valence-electron chi connectivity index (χ1n) is 14.9. The number of benzene rings is 3. The molecule has 4 atom stereocenters. The van der Waals surface area contributed by atoms with Crippen molar-refractivity contribution in [1.29, 1.82) is 0 Å². The number of hydrogen-bond acceptors (Lipinski definition) is 7. The molecular formula is C34H39N5O6S. The Bertz CT molecular complexity index is 1630. The summed E-state index contributed by atoms with van der Waals surface area (Å²) >= 11 is 1.46.